The van der Waals surface area contributed by atoms with Crippen LogP contribution in [0.1, 0.15) is 29.4 Å². The van der Waals surface area contributed by atoms with Crippen LogP contribution in [0.4, 0.5) is 8.78 Å². The first-order valence-corrected chi connectivity index (χ1v) is 8.41. The highest BCUT2D eigenvalue weighted by atomic mass is 19.1. The van der Waals surface area contributed by atoms with Gasteiger partial charge < -0.3 is 9.88 Å². The van der Waals surface area contributed by atoms with Gasteiger partial charge >= 0.3 is 0 Å². The maximum absolute atomic E-state index is 13.7. The van der Waals surface area contributed by atoms with Crippen molar-refractivity contribution in [2.75, 3.05) is 0 Å². The molecule has 0 aliphatic rings. The average Bonchev–Trinajstić information content (AvgIpc) is 3.07. The fraction of sp³-hybridized carbons (Fsp3) is 0.200. The number of hydrogen-bond donors (Lipinski definition) is 1. The molecule has 3 rings (SSSR count). The molecule has 0 saturated carbocycles. The lowest BCUT2D eigenvalue weighted by Crippen LogP contribution is -2.25. The van der Waals surface area contributed by atoms with Crippen molar-refractivity contribution in [3.05, 3.63) is 77.9 Å². The van der Waals surface area contributed by atoms with Crippen LogP contribution in [0.15, 0.2) is 55.0 Å². The van der Waals surface area contributed by atoms with Crippen LogP contribution in [0.3, 0.4) is 0 Å². The fourth-order valence-electron chi connectivity index (χ4n) is 2.77. The molecule has 1 N–H and O–H groups in total. The van der Waals surface area contributed by atoms with E-state index in [-0.39, 0.29) is 18.0 Å². The molecule has 134 valence electrons. The number of nitrogens with one attached hydrogen (secondary N) is 1. The number of hydrogen-bond acceptors (Lipinski definition) is 2. The minimum Gasteiger partial charge on any atom is -0.347 e. The number of pyridine rings is 1. The first kappa shape index (κ1) is 17.8. The maximum atomic E-state index is 13.7. The fourth-order valence-corrected chi connectivity index (χ4v) is 2.77. The largest absolute Gasteiger partial charge is 0.347 e. The van der Waals surface area contributed by atoms with Gasteiger partial charge in [-0.25, -0.2) is 8.78 Å². The Morgan fingerprint density at radius 3 is 2.62 bits per heavy atom. The van der Waals surface area contributed by atoms with Crippen molar-refractivity contribution in [1.29, 1.82) is 0 Å². The summed E-state index contributed by atoms with van der Waals surface area (Å²) < 4.78 is 28.8. The second kappa shape index (κ2) is 7.91. The van der Waals surface area contributed by atoms with Gasteiger partial charge in [0.05, 0.1) is 0 Å². The summed E-state index contributed by atoms with van der Waals surface area (Å²) in [5.74, 6) is -1.42. The summed E-state index contributed by atoms with van der Waals surface area (Å²) >= 11 is 0. The standard InChI is InChI=1S/C20H19F2N3O/c1-2-9-25-13-16(14-5-7-23-8-6-14)11-19(25)20(26)24-12-15-10-17(21)3-4-18(15)22/h3-8,10-11,13H,2,9,12H2,1H3,(H,24,26). The molecule has 4 nitrogen and oxygen atoms in total. The van der Waals surface area contributed by atoms with Crippen molar-refractivity contribution in [3.8, 4) is 11.1 Å². The van der Waals surface area contributed by atoms with Crippen molar-refractivity contribution in [1.82, 2.24) is 14.9 Å². The first-order chi connectivity index (χ1) is 12.6. The topological polar surface area (TPSA) is 46.9 Å². The molecular weight excluding hydrogens is 336 g/mol. The normalized spacial score (nSPS) is 10.7. The monoisotopic (exact) mass is 355 g/mol. The van der Waals surface area contributed by atoms with Gasteiger partial charge in [-0.2, -0.15) is 0 Å². The molecule has 1 aromatic carbocycles. The van der Waals surface area contributed by atoms with Gasteiger partial charge in [0.1, 0.15) is 17.3 Å². The number of halogens is 2. The summed E-state index contributed by atoms with van der Waals surface area (Å²) in [6.07, 6.45) is 6.16. The molecular formula is C20H19F2N3O. The molecule has 0 saturated heterocycles. The van der Waals surface area contributed by atoms with Crippen LogP contribution in [0, 0.1) is 11.6 Å². The Kier molecular flexibility index (Phi) is 5.41. The predicted octanol–water partition coefficient (Wildman–Crippen LogP) is 4.17. The molecule has 1 amide bonds. The molecule has 0 bridgehead atoms. The number of rotatable bonds is 6. The van der Waals surface area contributed by atoms with E-state index in [0.29, 0.717) is 12.2 Å². The zero-order chi connectivity index (χ0) is 18.5. The Labute approximate surface area is 150 Å². The lowest BCUT2D eigenvalue weighted by atomic mass is 10.1. The summed E-state index contributed by atoms with van der Waals surface area (Å²) in [6, 6.07) is 8.72. The van der Waals surface area contributed by atoms with E-state index in [1.807, 2.05) is 29.8 Å². The van der Waals surface area contributed by atoms with E-state index in [1.165, 1.54) is 0 Å². The van der Waals surface area contributed by atoms with Gasteiger partial charge in [0.25, 0.3) is 5.91 Å². The van der Waals surface area contributed by atoms with E-state index in [4.69, 9.17) is 0 Å². The summed E-state index contributed by atoms with van der Waals surface area (Å²) in [7, 11) is 0. The SMILES string of the molecule is CCCn1cc(-c2ccncc2)cc1C(=O)NCc1cc(F)ccc1F. The Hall–Kier alpha value is -3.02. The van der Waals surface area contributed by atoms with Crippen LogP contribution in [-0.2, 0) is 13.1 Å². The van der Waals surface area contributed by atoms with Gasteiger partial charge in [-0.05, 0) is 48.4 Å². The Bertz CT molecular complexity index is 907. The van der Waals surface area contributed by atoms with E-state index >= 15 is 0 Å². The zero-order valence-corrected chi connectivity index (χ0v) is 14.4. The van der Waals surface area contributed by atoms with Gasteiger partial charge in [-0.15, -0.1) is 0 Å². The molecule has 0 aliphatic carbocycles. The van der Waals surface area contributed by atoms with Gasteiger partial charge in [-0.1, -0.05) is 6.92 Å². The third-order valence-electron chi connectivity index (χ3n) is 4.05. The molecule has 0 unspecified atom stereocenters. The van der Waals surface area contributed by atoms with E-state index in [2.05, 4.69) is 10.3 Å². The molecule has 0 atom stereocenters. The van der Waals surface area contributed by atoms with Crippen molar-refractivity contribution in [2.45, 2.75) is 26.4 Å². The van der Waals surface area contributed by atoms with Crippen molar-refractivity contribution in [2.24, 2.45) is 0 Å². The van der Waals surface area contributed by atoms with Crippen LogP contribution in [-0.4, -0.2) is 15.5 Å². The number of aromatic nitrogens is 2. The quantitative estimate of drug-likeness (QED) is 0.721. The summed E-state index contributed by atoms with van der Waals surface area (Å²) in [5, 5.41) is 2.67. The molecule has 26 heavy (non-hydrogen) atoms. The summed E-state index contributed by atoms with van der Waals surface area (Å²) in [5.41, 5.74) is 2.46. The number of nitrogens with zero attached hydrogens (tertiary/aromatic N) is 2. The van der Waals surface area contributed by atoms with Crippen molar-refractivity contribution >= 4 is 5.91 Å². The van der Waals surface area contributed by atoms with E-state index in [9.17, 15) is 13.6 Å². The maximum Gasteiger partial charge on any atom is 0.268 e. The molecule has 0 spiro atoms. The number of carbonyl (C=O) groups excluding carboxylic acids is 1. The number of carbonyl (C=O) groups is 1. The lowest BCUT2D eigenvalue weighted by molar-refractivity contribution is 0.0941. The van der Waals surface area contributed by atoms with Crippen LogP contribution >= 0.6 is 0 Å². The molecule has 6 heteroatoms. The van der Waals surface area contributed by atoms with E-state index in [1.54, 1.807) is 18.5 Å². The van der Waals surface area contributed by atoms with Gasteiger partial charge in [0.2, 0.25) is 0 Å². The second-order valence-corrected chi connectivity index (χ2v) is 5.96. The summed E-state index contributed by atoms with van der Waals surface area (Å²) in [4.78, 5) is 16.6. The predicted molar refractivity (Wildman–Crippen MR) is 95.5 cm³/mol. The van der Waals surface area contributed by atoms with Crippen molar-refractivity contribution < 1.29 is 13.6 Å². The molecule has 0 radical (unpaired) electrons. The Morgan fingerprint density at radius 1 is 1.12 bits per heavy atom. The van der Waals surface area contributed by atoms with E-state index in [0.717, 1.165) is 35.7 Å². The highest BCUT2D eigenvalue weighted by Crippen LogP contribution is 2.22. The van der Waals surface area contributed by atoms with Gasteiger partial charge in [0.15, 0.2) is 0 Å². The van der Waals surface area contributed by atoms with Crippen molar-refractivity contribution in [3.63, 3.8) is 0 Å². The van der Waals surface area contributed by atoms with Gasteiger partial charge in [-0.3, -0.25) is 9.78 Å². The van der Waals surface area contributed by atoms with Crippen LogP contribution in [0.2, 0.25) is 0 Å². The molecule has 0 fully saturated rings. The smallest absolute Gasteiger partial charge is 0.268 e. The highest BCUT2D eigenvalue weighted by Gasteiger charge is 2.15. The average molecular weight is 355 g/mol. The Morgan fingerprint density at radius 2 is 1.88 bits per heavy atom. The Balaban J connectivity index is 1.81. The molecule has 3 aromatic rings. The zero-order valence-electron chi connectivity index (χ0n) is 14.4. The third kappa shape index (κ3) is 3.96. The summed E-state index contributed by atoms with van der Waals surface area (Å²) in [6.45, 7) is 2.63. The lowest BCUT2D eigenvalue weighted by Gasteiger charge is -2.09. The number of aryl methyl sites for hydroxylation is 1. The minimum atomic E-state index is -0.548. The third-order valence-corrected chi connectivity index (χ3v) is 4.05. The molecule has 2 aromatic heterocycles. The van der Waals surface area contributed by atoms with Gasteiger partial charge in [0, 0.05) is 42.8 Å². The number of amides is 1. The highest BCUT2D eigenvalue weighted by molar-refractivity contribution is 5.94. The minimum absolute atomic E-state index is 0.0790. The second-order valence-electron chi connectivity index (χ2n) is 5.96. The number of benzene rings is 1. The molecule has 0 aliphatic heterocycles. The first-order valence-electron chi connectivity index (χ1n) is 8.41. The molecule has 2 heterocycles. The van der Waals surface area contributed by atoms with Crippen LogP contribution in [0.5, 0.6) is 0 Å². The van der Waals surface area contributed by atoms with Crippen LogP contribution in [0.25, 0.3) is 11.1 Å². The van der Waals surface area contributed by atoms with Crippen LogP contribution < -0.4 is 5.32 Å². The van der Waals surface area contributed by atoms with E-state index < -0.39 is 11.6 Å².